The van der Waals surface area contributed by atoms with Crippen LogP contribution in [0, 0.1) is 6.92 Å². The lowest BCUT2D eigenvalue weighted by Crippen LogP contribution is -2.57. The number of carbonyl (C=O) groups excluding carboxylic acids is 1. The maximum absolute atomic E-state index is 13.2. The molecular formula is C17H24N4O2. The lowest BCUT2D eigenvalue weighted by atomic mass is 10.00. The van der Waals surface area contributed by atoms with Crippen molar-refractivity contribution in [1.82, 2.24) is 20.4 Å². The zero-order valence-electron chi connectivity index (χ0n) is 14.4. The summed E-state index contributed by atoms with van der Waals surface area (Å²) in [6.45, 7) is 11.7. The Morgan fingerprint density at radius 2 is 2.17 bits per heavy atom. The fraction of sp³-hybridized carbons (Fsp3) is 0.588. The zero-order valence-corrected chi connectivity index (χ0v) is 14.4. The molecule has 2 aromatic rings. The molecule has 2 atom stereocenters. The number of rotatable bonds is 2. The van der Waals surface area contributed by atoms with E-state index < -0.39 is 0 Å². The quantitative estimate of drug-likeness (QED) is 0.921. The Morgan fingerprint density at radius 1 is 1.43 bits per heavy atom. The number of hydrogen-bond acceptors (Lipinski definition) is 5. The van der Waals surface area contributed by atoms with Gasteiger partial charge in [-0.05, 0) is 32.8 Å². The molecule has 1 fully saturated rings. The van der Waals surface area contributed by atoms with Crippen LogP contribution in [-0.2, 0) is 0 Å². The van der Waals surface area contributed by atoms with Gasteiger partial charge in [0.25, 0.3) is 11.6 Å². The fourth-order valence-corrected chi connectivity index (χ4v) is 3.16. The monoisotopic (exact) mass is 316 g/mol. The van der Waals surface area contributed by atoms with Crippen LogP contribution in [0.15, 0.2) is 10.6 Å². The van der Waals surface area contributed by atoms with E-state index in [1.54, 1.807) is 0 Å². The van der Waals surface area contributed by atoms with Crippen molar-refractivity contribution in [3.8, 4) is 0 Å². The number of pyridine rings is 1. The van der Waals surface area contributed by atoms with Crippen LogP contribution >= 0.6 is 0 Å². The van der Waals surface area contributed by atoms with E-state index in [1.165, 1.54) is 0 Å². The van der Waals surface area contributed by atoms with Crippen LogP contribution in [0.3, 0.4) is 0 Å². The van der Waals surface area contributed by atoms with Gasteiger partial charge in [0.05, 0.1) is 16.6 Å². The number of aryl methyl sites for hydroxylation is 1. The van der Waals surface area contributed by atoms with Crippen LogP contribution in [0.2, 0.25) is 0 Å². The number of piperazine rings is 1. The second-order valence-corrected chi connectivity index (χ2v) is 6.70. The molecule has 23 heavy (non-hydrogen) atoms. The molecule has 0 bridgehead atoms. The van der Waals surface area contributed by atoms with Gasteiger partial charge in [0.1, 0.15) is 0 Å². The number of hydrogen-bond donors (Lipinski definition) is 1. The highest BCUT2D eigenvalue weighted by Crippen LogP contribution is 2.29. The molecule has 3 rings (SSSR count). The van der Waals surface area contributed by atoms with Gasteiger partial charge in [-0.2, -0.15) is 0 Å². The van der Waals surface area contributed by atoms with Crippen LogP contribution in [0.4, 0.5) is 0 Å². The Labute approximate surface area is 136 Å². The standard InChI is InChI=1S/C17H24N4O2/c1-9(2)15-14-13(8-10(3)19-16(14)23-20-15)17(22)21-7-6-18-11(4)12(21)5/h8-9,11-12,18H,6-7H2,1-5H3. The highest BCUT2D eigenvalue weighted by atomic mass is 16.5. The Kier molecular flexibility index (Phi) is 4.10. The minimum absolute atomic E-state index is 0.0338. The average molecular weight is 316 g/mol. The van der Waals surface area contributed by atoms with E-state index in [2.05, 4.69) is 29.3 Å². The predicted octanol–water partition coefficient (Wildman–Crippen LogP) is 2.48. The van der Waals surface area contributed by atoms with Crippen molar-refractivity contribution in [2.75, 3.05) is 13.1 Å². The minimum Gasteiger partial charge on any atom is -0.335 e. The van der Waals surface area contributed by atoms with Crippen molar-refractivity contribution in [1.29, 1.82) is 0 Å². The molecule has 0 aromatic carbocycles. The first-order valence-electron chi connectivity index (χ1n) is 8.21. The van der Waals surface area contributed by atoms with Gasteiger partial charge in [0, 0.05) is 30.9 Å². The first kappa shape index (κ1) is 15.9. The normalized spacial score (nSPS) is 22.1. The van der Waals surface area contributed by atoms with Crippen LogP contribution < -0.4 is 5.32 Å². The highest BCUT2D eigenvalue weighted by molar-refractivity contribution is 6.06. The molecule has 0 aliphatic carbocycles. The van der Waals surface area contributed by atoms with Crippen LogP contribution in [-0.4, -0.2) is 46.1 Å². The summed E-state index contributed by atoms with van der Waals surface area (Å²) in [7, 11) is 0. The molecule has 1 saturated heterocycles. The second kappa shape index (κ2) is 5.92. The molecule has 0 saturated carbocycles. The smallest absolute Gasteiger partial charge is 0.259 e. The van der Waals surface area contributed by atoms with Gasteiger partial charge in [-0.15, -0.1) is 0 Å². The van der Waals surface area contributed by atoms with Crippen molar-refractivity contribution in [2.45, 2.75) is 52.6 Å². The molecule has 0 spiro atoms. The molecule has 6 heteroatoms. The summed E-state index contributed by atoms with van der Waals surface area (Å²) in [4.78, 5) is 19.5. The van der Waals surface area contributed by atoms with Crippen LogP contribution in [0.1, 0.15) is 55.4 Å². The summed E-state index contributed by atoms with van der Waals surface area (Å²) in [5.74, 6) is 0.207. The topological polar surface area (TPSA) is 71.3 Å². The predicted molar refractivity (Wildman–Crippen MR) is 88.6 cm³/mol. The van der Waals surface area contributed by atoms with Crippen molar-refractivity contribution < 1.29 is 9.32 Å². The number of fused-ring (bicyclic) bond motifs is 1. The molecular weight excluding hydrogens is 292 g/mol. The Bertz CT molecular complexity index is 738. The minimum atomic E-state index is 0.0338. The van der Waals surface area contributed by atoms with Crippen molar-refractivity contribution in [2.24, 2.45) is 0 Å². The molecule has 2 unspecified atom stereocenters. The SMILES string of the molecule is Cc1cc(C(=O)N2CCNC(C)C2C)c2c(C(C)C)noc2n1. The third kappa shape index (κ3) is 2.72. The van der Waals surface area contributed by atoms with Gasteiger partial charge >= 0.3 is 0 Å². The van der Waals surface area contributed by atoms with Gasteiger partial charge in [-0.3, -0.25) is 4.79 Å². The van der Waals surface area contributed by atoms with E-state index in [-0.39, 0.29) is 23.9 Å². The molecule has 1 aliphatic rings. The molecule has 124 valence electrons. The van der Waals surface area contributed by atoms with Crippen molar-refractivity contribution in [3.63, 3.8) is 0 Å². The lowest BCUT2D eigenvalue weighted by Gasteiger charge is -2.38. The molecule has 3 heterocycles. The van der Waals surface area contributed by atoms with Crippen molar-refractivity contribution in [3.05, 3.63) is 23.0 Å². The maximum atomic E-state index is 13.2. The highest BCUT2D eigenvalue weighted by Gasteiger charge is 2.31. The molecule has 2 aromatic heterocycles. The number of amides is 1. The summed E-state index contributed by atoms with van der Waals surface area (Å²) in [5, 5.41) is 8.30. The fourth-order valence-electron chi connectivity index (χ4n) is 3.16. The Balaban J connectivity index is 2.11. The summed E-state index contributed by atoms with van der Waals surface area (Å²) in [5.41, 5.74) is 2.67. The molecule has 1 N–H and O–H groups in total. The van der Waals surface area contributed by atoms with Gasteiger partial charge < -0.3 is 14.7 Å². The van der Waals surface area contributed by atoms with Gasteiger partial charge in [-0.1, -0.05) is 19.0 Å². The summed E-state index contributed by atoms with van der Waals surface area (Å²) < 4.78 is 5.37. The summed E-state index contributed by atoms with van der Waals surface area (Å²) in [6, 6.07) is 2.27. The summed E-state index contributed by atoms with van der Waals surface area (Å²) in [6.07, 6.45) is 0. The zero-order chi connectivity index (χ0) is 16.7. The number of nitrogens with zero attached hydrogens (tertiary/aromatic N) is 3. The van der Waals surface area contributed by atoms with E-state index >= 15 is 0 Å². The lowest BCUT2D eigenvalue weighted by molar-refractivity contribution is 0.0604. The largest absolute Gasteiger partial charge is 0.335 e. The third-order valence-corrected chi connectivity index (χ3v) is 4.67. The van der Waals surface area contributed by atoms with E-state index in [9.17, 15) is 4.79 Å². The van der Waals surface area contributed by atoms with Gasteiger partial charge in [-0.25, -0.2) is 4.98 Å². The maximum Gasteiger partial charge on any atom is 0.259 e. The Morgan fingerprint density at radius 3 is 2.87 bits per heavy atom. The van der Waals surface area contributed by atoms with Crippen LogP contribution in [0.5, 0.6) is 0 Å². The Hall–Kier alpha value is -1.95. The molecule has 0 radical (unpaired) electrons. The first-order chi connectivity index (χ1) is 10.9. The van der Waals surface area contributed by atoms with E-state index in [0.717, 1.165) is 23.3 Å². The van der Waals surface area contributed by atoms with Gasteiger partial charge in [0.2, 0.25) is 0 Å². The van der Waals surface area contributed by atoms with Gasteiger partial charge in [0.15, 0.2) is 0 Å². The number of nitrogens with one attached hydrogen (secondary N) is 1. The van der Waals surface area contributed by atoms with E-state index in [1.807, 2.05) is 31.7 Å². The summed E-state index contributed by atoms with van der Waals surface area (Å²) >= 11 is 0. The van der Waals surface area contributed by atoms with E-state index in [0.29, 0.717) is 17.8 Å². The third-order valence-electron chi connectivity index (χ3n) is 4.67. The average Bonchev–Trinajstić information content (AvgIpc) is 2.92. The number of carbonyl (C=O) groups is 1. The van der Waals surface area contributed by atoms with E-state index in [4.69, 9.17) is 4.52 Å². The first-order valence-corrected chi connectivity index (χ1v) is 8.21. The molecule has 1 aliphatic heterocycles. The number of aromatic nitrogens is 2. The van der Waals surface area contributed by atoms with Crippen LogP contribution in [0.25, 0.3) is 11.1 Å². The molecule has 1 amide bonds. The second-order valence-electron chi connectivity index (χ2n) is 6.70. The van der Waals surface area contributed by atoms with Crippen molar-refractivity contribution >= 4 is 17.0 Å². The molecule has 6 nitrogen and oxygen atoms in total.